The number of unbranched alkanes of at least 4 members (excludes halogenated alkanes) is 2. The second-order valence-electron chi connectivity index (χ2n) is 7.50. The van der Waals surface area contributed by atoms with E-state index in [0.717, 1.165) is 12.8 Å². The van der Waals surface area contributed by atoms with E-state index in [1.165, 1.54) is 11.0 Å². The van der Waals surface area contributed by atoms with Crippen molar-refractivity contribution in [1.82, 2.24) is 14.9 Å². The van der Waals surface area contributed by atoms with Gasteiger partial charge in [0.25, 0.3) is 0 Å². The third kappa shape index (κ3) is 6.40. The standard InChI is InChI=1S/C19H26FN3O5S/c1-13(14-5-8-16(20)17(11-14)28-15-6-7-15)22-29(26,27)10-4-2-3-9-23-12-18(24)21-19(23)25/h5,8,11,13,15,22H,2-4,6-7,9-10,12H2,1H3,(H,21,24,25)/t13-/m1/s1. The lowest BCUT2D eigenvalue weighted by Crippen LogP contribution is -2.30. The fraction of sp³-hybridized carbons (Fsp3) is 0.579. The molecule has 1 atom stereocenters. The molecule has 1 aliphatic heterocycles. The number of hydrogen-bond donors (Lipinski definition) is 2. The highest BCUT2D eigenvalue weighted by atomic mass is 32.2. The summed E-state index contributed by atoms with van der Waals surface area (Å²) in [5.74, 6) is -0.665. The molecule has 1 aromatic rings. The number of ether oxygens (including phenoxy) is 1. The van der Waals surface area contributed by atoms with Crippen LogP contribution in [-0.4, -0.2) is 50.2 Å². The largest absolute Gasteiger partial charge is 0.487 e. The van der Waals surface area contributed by atoms with Gasteiger partial charge in [-0.2, -0.15) is 0 Å². The van der Waals surface area contributed by atoms with Crippen LogP contribution in [0.3, 0.4) is 0 Å². The summed E-state index contributed by atoms with van der Waals surface area (Å²) in [6.07, 6.45) is 3.53. The van der Waals surface area contributed by atoms with Gasteiger partial charge < -0.3 is 9.64 Å². The lowest BCUT2D eigenvalue weighted by atomic mass is 10.1. The highest BCUT2D eigenvalue weighted by molar-refractivity contribution is 7.89. The number of sulfonamides is 1. The predicted molar refractivity (Wildman–Crippen MR) is 104 cm³/mol. The molecular formula is C19H26FN3O5S. The minimum absolute atomic E-state index is 0.0465. The van der Waals surface area contributed by atoms with Crippen LogP contribution in [0.25, 0.3) is 0 Å². The van der Waals surface area contributed by atoms with Crippen LogP contribution in [0.4, 0.5) is 9.18 Å². The number of nitrogens with one attached hydrogen (secondary N) is 2. The predicted octanol–water partition coefficient (Wildman–Crippen LogP) is 2.07. The first kappa shape index (κ1) is 21.5. The van der Waals surface area contributed by atoms with Gasteiger partial charge in [0.2, 0.25) is 15.9 Å². The maximum absolute atomic E-state index is 13.8. The molecule has 29 heavy (non-hydrogen) atoms. The molecule has 0 spiro atoms. The number of halogens is 1. The minimum Gasteiger partial charge on any atom is -0.487 e. The van der Waals surface area contributed by atoms with Gasteiger partial charge in [0.1, 0.15) is 6.54 Å². The fourth-order valence-corrected chi connectivity index (χ4v) is 4.45. The molecule has 160 valence electrons. The van der Waals surface area contributed by atoms with Gasteiger partial charge in [-0.3, -0.25) is 10.1 Å². The molecule has 3 amide bonds. The Morgan fingerprint density at radius 2 is 2.03 bits per heavy atom. The molecule has 0 bridgehead atoms. The first-order chi connectivity index (χ1) is 13.7. The first-order valence-corrected chi connectivity index (χ1v) is 11.4. The Morgan fingerprint density at radius 1 is 1.28 bits per heavy atom. The molecule has 8 nitrogen and oxygen atoms in total. The third-order valence-electron chi connectivity index (χ3n) is 4.84. The van der Waals surface area contributed by atoms with E-state index in [1.54, 1.807) is 19.1 Å². The Labute approximate surface area is 169 Å². The van der Waals surface area contributed by atoms with Crippen molar-refractivity contribution in [2.45, 2.75) is 51.2 Å². The quantitative estimate of drug-likeness (QED) is 0.416. The number of benzene rings is 1. The number of nitrogens with zero attached hydrogens (tertiary/aromatic N) is 1. The van der Waals surface area contributed by atoms with Gasteiger partial charge in [-0.05, 0) is 50.3 Å². The third-order valence-corrected chi connectivity index (χ3v) is 6.38. The summed E-state index contributed by atoms with van der Waals surface area (Å²) < 4.78 is 46.6. The van der Waals surface area contributed by atoms with Gasteiger partial charge in [-0.1, -0.05) is 12.5 Å². The van der Waals surface area contributed by atoms with Gasteiger partial charge >= 0.3 is 6.03 Å². The minimum atomic E-state index is -3.51. The second-order valence-corrected chi connectivity index (χ2v) is 9.37. The summed E-state index contributed by atoms with van der Waals surface area (Å²) in [6, 6.07) is 3.47. The van der Waals surface area contributed by atoms with Crippen molar-refractivity contribution in [3.8, 4) is 5.75 Å². The Hall–Kier alpha value is -2.20. The van der Waals surface area contributed by atoms with Crippen molar-refractivity contribution in [3.63, 3.8) is 0 Å². The number of carbonyl (C=O) groups excluding carboxylic acids is 2. The zero-order valence-corrected chi connectivity index (χ0v) is 17.1. The molecule has 10 heteroatoms. The van der Waals surface area contributed by atoms with E-state index in [9.17, 15) is 22.4 Å². The zero-order chi connectivity index (χ0) is 21.0. The van der Waals surface area contributed by atoms with E-state index in [4.69, 9.17) is 4.74 Å². The molecule has 0 aromatic heterocycles. The van der Waals surface area contributed by atoms with Crippen LogP contribution in [0.15, 0.2) is 18.2 Å². The van der Waals surface area contributed by atoms with Crippen LogP contribution in [0, 0.1) is 5.82 Å². The van der Waals surface area contributed by atoms with Crippen molar-refractivity contribution in [1.29, 1.82) is 0 Å². The van der Waals surface area contributed by atoms with Crippen molar-refractivity contribution in [3.05, 3.63) is 29.6 Å². The van der Waals surface area contributed by atoms with Crippen LogP contribution in [-0.2, 0) is 14.8 Å². The van der Waals surface area contributed by atoms with Gasteiger partial charge in [0.15, 0.2) is 11.6 Å². The van der Waals surface area contributed by atoms with Crippen LogP contribution in [0.2, 0.25) is 0 Å². The number of rotatable bonds is 11. The lowest BCUT2D eigenvalue weighted by Gasteiger charge is -2.16. The first-order valence-electron chi connectivity index (χ1n) is 9.78. The van der Waals surface area contributed by atoms with Crippen LogP contribution in [0.5, 0.6) is 5.75 Å². The Bertz CT molecular complexity index is 873. The van der Waals surface area contributed by atoms with E-state index in [2.05, 4.69) is 10.0 Å². The van der Waals surface area contributed by atoms with Crippen molar-refractivity contribution in [2.75, 3.05) is 18.8 Å². The summed E-state index contributed by atoms with van der Waals surface area (Å²) in [4.78, 5) is 23.9. The van der Waals surface area contributed by atoms with Crippen LogP contribution >= 0.6 is 0 Å². The summed E-state index contributed by atoms with van der Waals surface area (Å²) in [5.41, 5.74) is 0.635. The average Bonchev–Trinajstić information content (AvgIpc) is 3.39. The van der Waals surface area contributed by atoms with Crippen molar-refractivity contribution in [2.24, 2.45) is 0 Å². The summed E-state index contributed by atoms with van der Waals surface area (Å²) in [5, 5.41) is 2.20. The zero-order valence-electron chi connectivity index (χ0n) is 16.3. The molecule has 1 saturated carbocycles. The van der Waals surface area contributed by atoms with E-state index >= 15 is 0 Å². The number of imide groups is 1. The second kappa shape index (κ2) is 9.08. The van der Waals surface area contributed by atoms with E-state index in [0.29, 0.717) is 31.4 Å². The molecule has 2 aliphatic rings. The van der Waals surface area contributed by atoms with Gasteiger partial charge in [-0.25, -0.2) is 22.3 Å². The fourth-order valence-electron chi connectivity index (χ4n) is 3.08. The Balaban J connectivity index is 1.42. The molecule has 1 heterocycles. The van der Waals surface area contributed by atoms with E-state index < -0.39 is 27.9 Å². The van der Waals surface area contributed by atoms with Crippen LogP contribution < -0.4 is 14.8 Å². The van der Waals surface area contributed by atoms with E-state index in [1.807, 2.05) is 0 Å². The Kier molecular flexibility index (Phi) is 6.74. The molecule has 2 N–H and O–H groups in total. The molecule has 0 radical (unpaired) electrons. The molecule has 0 unspecified atom stereocenters. The SMILES string of the molecule is C[C@@H](NS(=O)(=O)CCCCCN1CC(=O)NC1=O)c1ccc(F)c(OC2CC2)c1. The maximum atomic E-state index is 13.8. The maximum Gasteiger partial charge on any atom is 0.324 e. The Morgan fingerprint density at radius 3 is 2.69 bits per heavy atom. The molecule has 1 aromatic carbocycles. The highest BCUT2D eigenvalue weighted by Gasteiger charge is 2.26. The van der Waals surface area contributed by atoms with Gasteiger partial charge in [-0.15, -0.1) is 0 Å². The summed E-state index contributed by atoms with van der Waals surface area (Å²) in [6.45, 7) is 2.18. The van der Waals surface area contributed by atoms with E-state index in [-0.39, 0.29) is 30.1 Å². The smallest absolute Gasteiger partial charge is 0.324 e. The molecule has 1 saturated heterocycles. The normalized spacial score (nSPS) is 18.1. The van der Waals surface area contributed by atoms with Gasteiger partial charge in [0, 0.05) is 12.6 Å². The molecule has 3 rings (SSSR count). The molecule has 1 aliphatic carbocycles. The summed E-state index contributed by atoms with van der Waals surface area (Å²) >= 11 is 0. The van der Waals surface area contributed by atoms with Crippen molar-refractivity contribution >= 4 is 22.0 Å². The molecular weight excluding hydrogens is 401 g/mol. The highest BCUT2D eigenvalue weighted by Crippen LogP contribution is 2.30. The number of carbonyl (C=O) groups is 2. The average molecular weight is 427 g/mol. The van der Waals surface area contributed by atoms with Crippen LogP contribution in [0.1, 0.15) is 50.6 Å². The van der Waals surface area contributed by atoms with Gasteiger partial charge in [0.05, 0.1) is 11.9 Å². The lowest BCUT2D eigenvalue weighted by molar-refractivity contribution is -0.118. The number of urea groups is 1. The van der Waals surface area contributed by atoms with Crippen molar-refractivity contribution < 1.29 is 27.1 Å². The number of amides is 3. The monoisotopic (exact) mass is 427 g/mol. The topological polar surface area (TPSA) is 105 Å². The number of hydrogen-bond acceptors (Lipinski definition) is 5. The summed E-state index contributed by atoms with van der Waals surface area (Å²) in [7, 11) is -3.51. The molecule has 2 fully saturated rings.